The van der Waals surface area contributed by atoms with Gasteiger partial charge in [-0.25, -0.2) is 4.79 Å². The van der Waals surface area contributed by atoms with Crippen LogP contribution in [0, 0.1) is 10.1 Å². The second kappa shape index (κ2) is 12.9. The number of carbonyl (C=O) groups excluding carboxylic acids is 4. The highest BCUT2D eigenvalue weighted by Crippen LogP contribution is 2.29. The number of nitrogens with zero attached hydrogens (tertiary/aromatic N) is 1. The Labute approximate surface area is 166 Å². The Morgan fingerprint density at radius 3 is 1.36 bits per heavy atom. The summed E-state index contributed by atoms with van der Waals surface area (Å²) in [5.41, 5.74) is -1.74. The van der Waals surface area contributed by atoms with Gasteiger partial charge in [0.15, 0.2) is 0 Å². The van der Waals surface area contributed by atoms with E-state index in [2.05, 4.69) is 6.58 Å². The molecule has 0 aliphatic rings. The Kier molecular flexibility index (Phi) is 12.8. The van der Waals surface area contributed by atoms with Crippen molar-refractivity contribution in [3.05, 3.63) is 22.8 Å². The Bertz CT molecular complexity index is 542. The number of carbonyl (C=O) groups is 4. The number of ketones is 3. The fourth-order valence-electron chi connectivity index (χ4n) is 2.22. The van der Waals surface area contributed by atoms with Gasteiger partial charge in [0, 0.05) is 49.5 Å². The van der Waals surface area contributed by atoms with E-state index in [-0.39, 0.29) is 61.8 Å². The summed E-state index contributed by atoms with van der Waals surface area (Å²) in [6.45, 7) is 12.8. The number of nitro groups is 1. The van der Waals surface area contributed by atoms with Crippen molar-refractivity contribution in [2.45, 2.75) is 91.2 Å². The van der Waals surface area contributed by atoms with E-state index in [9.17, 15) is 29.3 Å². The summed E-state index contributed by atoms with van der Waals surface area (Å²) in [5.74, 6) is -0.756. The zero-order valence-electron chi connectivity index (χ0n) is 17.8. The Balaban J connectivity index is 0. The summed E-state index contributed by atoms with van der Waals surface area (Å²) >= 11 is 0. The van der Waals surface area contributed by atoms with Crippen LogP contribution in [-0.2, 0) is 23.9 Å². The lowest BCUT2D eigenvalue weighted by Gasteiger charge is -2.24. The monoisotopic (exact) mass is 399 g/mol. The summed E-state index contributed by atoms with van der Waals surface area (Å²) in [4.78, 5) is 54.5. The molecular formula is C20H33NO7. The maximum absolute atomic E-state index is 11.3. The molecule has 28 heavy (non-hydrogen) atoms. The summed E-state index contributed by atoms with van der Waals surface area (Å²) < 4.78 is 4.83. The van der Waals surface area contributed by atoms with Crippen LogP contribution in [-0.4, -0.2) is 39.4 Å². The van der Waals surface area contributed by atoms with E-state index in [1.165, 1.54) is 20.8 Å². The molecule has 0 rings (SSSR count). The van der Waals surface area contributed by atoms with Gasteiger partial charge >= 0.3 is 5.97 Å². The van der Waals surface area contributed by atoms with Crippen molar-refractivity contribution in [3.63, 3.8) is 0 Å². The van der Waals surface area contributed by atoms with Crippen molar-refractivity contribution in [2.75, 3.05) is 0 Å². The van der Waals surface area contributed by atoms with Gasteiger partial charge in [0.1, 0.15) is 23.0 Å². The molecular weight excluding hydrogens is 366 g/mol. The molecule has 0 bridgehead atoms. The summed E-state index contributed by atoms with van der Waals surface area (Å²) in [5, 5.41) is 11.3. The number of ether oxygens (including phenoxy) is 1. The van der Waals surface area contributed by atoms with Crippen molar-refractivity contribution in [2.24, 2.45) is 0 Å². The van der Waals surface area contributed by atoms with Gasteiger partial charge in [-0.15, -0.1) is 0 Å². The van der Waals surface area contributed by atoms with E-state index >= 15 is 0 Å². The number of esters is 1. The molecule has 0 spiro atoms. The van der Waals surface area contributed by atoms with Crippen molar-refractivity contribution in [1.29, 1.82) is 0 Å². The van der Waals surface area contributed by atoms with Crippen LogP contribution in [0.25, 0.3) is 0 Å². The van der Waals surface area contributed by atoms with E-state index in [1.807, 2.05) is 20.8 Å². The van der Waals surface area contributed by atoms with Gasteiger partial charge in [0.25, 0.3) is 0 Å². The molecule has 0 aliphatic heterocycles. The van der Waals surface area contributed by atoms with Crippen molar-refractivity contribution >= 4 is 23.3 Å². The molecule has 0 aromatic carbocycles. The molecule has 8 nitrogen and oxygen atoms in total. The first-order valence-corrected chi connectivity index (χ1v) is 9.13. The van der Waals surface area contributed by atoms with Crippen LogP contribution in [0.2, 0.25) is 0 Å². The van der Waals surface area contributed by atoms with Crippen LogP contribution in [0.15, 0.2) is 12.7 Å². The molecule has 8 heteroatoms. The summed E-state index contributed by atoms with van der Waals surface area (Å²) in [7, 11) is 0. The van der Waals surface area contributed by atoms with Crippen LogP contribution < -0.4 is 0 Å². The average molecular weight is 399 g/mol. The van der Waals surface area contributed by atoms with Crippen LogP contribution in [0.5, 0.6) is 0 Å². The predicted octanol–water partition coefficient (Wildman–Crippen LogP) is 3.62. The van der Waals surface area contributed by atoms with Gasteiger partial charge < -0.3 is 19.1 Å². The van der Waals surface area contributed by atoms with Gasteiger partial charge in [0.2, 0.25) is 5.54 Å². The predicted molar refractivity (Wildman–Crippen MR) is 106 cm³/mol. The fourth-order valence-corrected chi connectivity index (χ4v) is 2.22. The molecule has 0 atom stereocenters. The maximum Gasteiger partial charge on any atom is 0.330 e. The molecule has 0 radical (unpaired) electrons. The molecule has 0 aromatic heterocycles. The Morgan fingerprint density at radius 2 is 1.21 bits per heavy atom. The molecule has 0 unspecified atom stereocenters. The SMILES string of the molecule is C=CC(=O)OC(C)(C)C.CC(=O)CCC(CCC(C)=O)(CCC(C)=O)[N+](=O)[O-]. The average Bonchev–Trinajstić information content (AvgIpc) is 2.52. The zero-order chi connectivity index (χ0) is 22.5. The van der Waals surface area contributed by atoms with Crippen LogP contribution in [0.1, 0.15) is 80.1 Å². The van der Waals surface area contributed by atoms with Crippen molar-refractivity contribution in [3.8, 4) is 0 Å². The van der Waals surface area contributed by atoms with Gasteiger partial charge in [0.05, 0.1) is 0 Å². The Morgan fingerprint density at radius 1 is 0.893 bits per heavy atom. The third-order valence-electron chi connectivity index (χ3n) is 3.79. The maximum atomic E-state index is 11.3. The number of rotatable bonds is 11. The smallest absolute Gasteiger partial charge is 0.330 e. The minimum Gasteiger partial charge on any atom is -0.457 e. The molecule has 0 fully saturated rings. The fraction of sp³-hybridized carbons (Fsp3) is 0.700. The molecule has 0 heterocycles. The zero-order valence-corrected chi connectivity index (χ0v) is 17.8. The first-order valence-electron chi connectivity index (χ1n) is 9.13. The van der Waals surface area contributed by atoms with E-state index < -0.39 is 16.1 Å². The molecule has 0 saturated carbocycles. The quantitative estimate of drug-likeness (QED) is 0.225. The molecule has 160 valence electrons. The lowest BCUT2D eigenvalue weighted by Crippen LogP contribution is -2.39. The van der Waals surface area contributed by atoms with Gasteiger partial charge in [-0.1, -0.05) is 6.58 Å². The number of hydrogen-bond acceptors (Lipinski definition) is 7. The second-order valence-electron chi connectivity index (χ2n) is 7.83. The standard InChI is InChI=1S/C13H21NO5.C7H12O2/c1-10(15)4-7-13(14(18)19,8-5-11(2)16)9-6-12(3)17;1-5-6(8)9-7(2,3)4/h4-9H2,1-3H3;5H,1H2,2-4H3. The molecule has 0 aromatic rings. The van der Waals surface area contributed by atoms with Gasteiger partial charge in [-0.3, -0.25) is 10.1 Å². The van der Waals surface area contributed by atoms with Crippen LogP contribution in [0.3, 0.4) is 0 Å². The highest BCUT2D eigenvalue weighted by atomic mass is 16.6. The lowest BCUT2D eigenvalue weighted by molar-refractivity contribution is -0.573. The van der Waals surface area contributed by atoms with E-state index in [0.717, 1.165) is 6.08 Å². The van der Waals surface area contributed by atoms with E-state index in [1.54, 1.807) is 0 Å². The normalized spacial score (nSPS) is 10.9. The van der Waals surface area contributed by atoms with Crippen molar-refractivity contribution < 1.29 is 28.8 Å². The topological polar surface area (TPSA) is 121 Å². The first-order chi connectivity index (χ1) is 12.6. The minimum atomic E-state index is -1.34. The third kappa shape index (κ3) is 14.8. The number of Topliss-reactive ketones (excluding diaryl/α,β-unsaturated/α-hetero) is 3. The molecule has 0 aliphatic carbocycles. The minimum absolute atomic E-state index is 0.0793. The first kappa shape index (κ1) is 27.8. The molecule has 0 saturated heterocycles. The molecule has 0 amide bonds. The highest BCUT2D eigenvalue weighted by molar-refractivity contribution is 5.81. The van der Waals surface area contributed by atoms with E-state index in [4.69, 9.17) is 4.74 Å². The van der Waals surface area contributed by atoms with Crippen molar-refractivity contribution in [1.82, 2.24) is 0 Å². The summed E-state index contributed by atoms with van der Waals surface area (Å²) in [6, 6.07) is 0. The number of hydrogen-bond donors (Lipinski definition) is 0. The summed E-state index contributed by atoms with van der Waals surface area (Å²) in [6.07, 6.45) is 1.68. The third-order valence-corrected chi connectivity index (χ3v) is 3.79. The highest BCUT2D eigenvalue weighted by Gasteiger charge is 2.42. The largest absolute Gasteiger partial charge is 0.457 e. The van der Waals surface area contributed by atoms with E-state index in [0.29, 0.717) is 0 Å². The van der Waals surface area contributed by atoms with Gasteiger partial charge in [-0.05, 0) is 41.5 Å². The van der Waals surface area contributed by atoms with Crippen LogP contribution >= 0.6 is 0 Å². The van der Waals surface area contributed by atoms with Gasteiger partial charge in [-0.2, -0.15) is 0 Å². The lowest BCUT2D eigenvalue weighted by atomic mass is 9.83. The second-order valence-corrected chi connectivity index (χ2v) is 7.83. The van der Waals surface area contributed by atoms with Crippen LogP contribution in [0.4, 0.5) is 0 Å². The Hall–Kier alpha value is -2.38. The molecule has 0 N–H and O–H groups in total.